The van der Waals surface area contributed by atoms with E-state index in [9.17, 15) is 4.79 Å². The van der Waals surface area contributed by atoms with Crippen molar-refractivity contribution in [3.05, 3.63) is 42.0 Å². The third kappa shape index (κ3) is 3.30. The van der Waals surface area contributed by atoms with Crippen LogP contribution in [0, 0.1) is 12.8 Å². The number of amides is 1. The van der Waals surface area contributed by atoms with E-state index >= 15 is 0 Å². The average molecular weight is 297 g/mol. The Hall–Kier alpha value is -1.87. The zero-order valence-electron chi connectivity index (χ0n) is 13.5. The highest BCUT2D eigenvalue weighted by atomic mass is 16.2. The van der Waals surface area contributed by atoms with Gasteiger partial charge in [0.25, 0.3) is 5.91 Å². The summed E-state index contributed by atoms with van der Waals surface area (Å²) < 4.78 is 0. The maximum absolute atomic E-state index is 12.5. The van der Waals surface area contributed by atoms with Gasteiger partial charge in [0.15, 0.2) is 6.54 Å². The van der Waals surface area contributed by atoms with Crippen molar-refractivity contribution in [1.82, 2.24) is 0 Å². The molecule has 1 aliphatic heterocycles. The normalized spacial score (nSPS) is 21.7. The lowest BCUT2D eigenvalue weighted by atomic mass is 10.0. The molecule has 1 unspecified atom stereocenters. The zero-order valence-corrected chi connectivity index (χ0v) is 13.5. The summed E-state index contributed by atoms with van der Waals surface area (Å²) in [6, 6.07) is 12.4. The Labute approximate surface area is 132 Å². The molecule has 1 fully saturated rings. The van der Waals surface area contributed by atoms with Gasteiger partial charge in [0.1, 0.15) is 0 Å². The number of anilines is 1. The molecule has 3 heteroatoms. The van der Waals surface area contributed by atoms with Crippen molar-refractivity contribution in [2.45, 2.75) is 26.7 Å². The first-order valence-electron chi connectivity index (χ1n) is 8.25. The Balaban J connectivity index is 1.75. The molecule has 1 amide bonds. The van der Waals surface area contributed by atoms with E-state index in [1.54, 1.807) is 0 Å². The maximum Gasteiger partial charge on any atom is 0.279 e. The second-order valence-electron chi connectivity index (χ2n) is 6.66. The van der Waals surface area contributed by atoms with E-state index in [0.717, 1.165) is 35.6 Å². The Morgan fingerprint density at radius 3 is 2.91 bits per heavy atom. The van der Waals surface area contributed by atoms with Crippen molar-refractivity contribution in [3.63, 3.8) is 0 Å². The number of piperidine rings is 1. The SMILES string of the molecule is Cc1ccc2ccccc2c1NC(=O)C[NH+]1CCC[C@@H](C)C1. The highest BCUT2D eigenvalue weighted by molar-refractivity contribution is 6.03. The lowest BCUT2D eigenvalue weighted by molar-refractivity contribution is -0.900. The topological polar surface area (TPSA) is 33.5 Å². The highest BCUT2D eigenvalue weighted by Gasteiger charge is 2.22. The Kier molecular flexibility index (Phi) is 4.44. The van der Waals surface area contributed by atoms with Gasteiger partial charge < -0.3 is 10.2 Å². The second kappa shape index (κ2) is 6.49. The number of carbonyl (C=O) groups excluding carboxylic acids is 1. The van der Waals surface area contributed by atoms with Crippen LogP contribution in [0.25, 0.3) is 10.8 Å². The summed E-state index contributed by atoms with van der Waals surface area (Å²) >= 11 is 0. The molecule has 3 nitrogen and oxygen atoms in total. The van der Waals surface area contributed by atoms with Crippen LogP contribution in [-0.4, -0.2) is 25.5 Å². The molecule has 0 spiro atoms. The number of aryl methyl sites for hydroxylation is 1. The van der Waals surface area contributed by atoms with Crippen LogP contribution in [0.1, 0.15) is 25.3 Å². The maximum atomic E-state index is 12.5. The van der Waals surface area contributed by atoms with Crippen LogP contribution in [0.15, 0.2) is 36.4 Å². The lowest BCUT2D eigenvalue weighted by Gasteiger charge is -2.27. The Morgan fingerprint density at radius 2 is 2.09 bits per heavy atom. The zero-order chi connectivity index (χ0) is 15.5. The number of nitrogens with one attached hydrogen (secondary N) is 2. The number of fused-ring (bicyclic) bond motifs is 1. The number of benzene rings is 2. The molecule has 22 heavy (non-hydrogen) atoms. The van der Waals surface area contributed by atoms with Crippen LogP contribution < -0.4 is 10.2 Å². The number of hydrogen-bond acceptors (Lipinski definition) is 1. The van der Waals surface area contributed by atoms with Crippen LogP contribution in [-0.2, 0) is 4.79 Å². The van der Waals surface area contributed by atoms with E-state index in [2.05, 4.69) is 43.4 Å². The summed E-state index contributed by atoms with van der Waals surface area (Å²) in [5.74, 6) is 0.861. The molecule has 0 aliphatic carbocycles. The molecule has 1 aliphatic rings. The predicted octanol–water partition coefficient (Wildman–Crippen LogP) is 2.40. The molecule has 1 heterocycles. The van der Waals surface area contributed by atoms with E-state index in [-0.39, 0.29) is 5.91 Å². The van der Waals surface area contributed by atoms with Gasteiger partial charge in [-0.05, 0) is 30.7 Å². The van der Waals surface area contributed by atoms with E-state index in [0.29, 0.717) is 6.54 Å². The number of rotatable bonds is 3. The van der Waals surface area contributed by atoms with Crippen LogP contribution in [0.2, 0.25) is 0 Å². The first-order chi connectivity index (χ1) is 10.6. The van der Waals surface area contributed by atoms with Crippen LogP contribution in [0.5, 0.6) is 0 Å². The van der Waals surface area contributed by atoms with Gasteiger partial charge in [-0.15, -0.1) is 0 Å². The molecule has 0 radical (unpaired) electrons. The first kappa shape index (κ1) is 15.0. The molecular formula is C19H25N2O+. The molecule has 0 bridgehead atoms. The van der Waals surface area contributed by atoms with Crippen molar-refractivity contribution < 1.29 is 9.69 Å². The van der Waals surface area contributed by atoms with Gasteiger partial charge in [-0.3, -0.25) is 4.79 Å². The smallest absolute Gasteiger partial charge is 0.279 e. The third-order valence-electron chi connectivity index (χ3n) is 4.68. The van der Waals surface area contributed by atoms with E-state index < -0.39 is 0 Å². The fourth-order valence-corrected chi connectivity index (χ4v) is 3.52. The summed E-state index contributed by atoms with van der Waals surface area (Å²) in [4.78, 5) is 13.9. The van der Waals surface area contributed by atoms with Crippen molar-refractivity contribution in [1.29, 1.82) is 0 Å². The second-order valence-corrected chi connectivity index (χ2v) is 6.66. The number of carbonyl (C=O) groups is 1. The van der Waals surface area contributed by atoms with E-state index in [4.69, 9.17) is 0 Å². The molecule has 0 aromatic heterocycles. The van der Waals surface area contributed by atoms with Crippen molar-refractivity contribution >= 4 is 22.4 Å². The van der Waals surface area contributed by atoms with Gasteiger partial charge in [-0.2, -0.15) is 0 Å². The quantitative estimate of drug-likeness (QED) is 0.896. The molecule has 2 aromatic carbocycles. The Morgan fingerprint density at radius 1 is 1.27 bits per heavy atom. The molecule has 1 saturated heterocycles. The molecule has 2 N–H and O–H groups in total. The standard InChI is InChI=1S/C19H24N2O/c1-14-6-5-11-21(12-14)13-18(22)20-19-15(2)9-10-16-7-3-4-8-17(16)19/h3-4,7-10,14H,5-6,11-13H2,1-2H3,(H,20,22)/p+1/t14-/m1/s1. The van der Waals surface area contributed by atoms with Gasteiger partial charge in [0.05, 0.1) is 18.8 Å². The fourth-order valence-electron chi connectivity index (χ4n) is 3.52. The van der Waals surface area contributed by atoms with Crippen LogP contribution in [0.3, 0.4) is 0 Å². The predicted molar refractivity (Wildman–Crippen MR) is 91.3 cm³/mol. The average Bonchev–Trinajstić information content (AvgIpc) is 2.50. The number of likely N-dealkylation sites (tertiary alicyclic amines) is 1. The van der Waals surface area contributed by atoms with Gasteiger partial charge in [-0.25, -0.2) is 0 Å². The molecular weight excluding hydrogens is 272 g/mol. The largest absolute Gasteiger partial charge is 0.327 e. The summed E-state index contributed by atoms with van der Waals surface area (Å²) in [6.45, 7) is 7.14. The molecule has 2 atom stereocenters. The Bertz CT molecular complexity index is 680. The van der Waals surface area contributed by atoms with Crippen molar-refractivity contribution in [2.75, 3.05) is 25.0 Å². The minimum absolute atomic E-state index is 0.128. The highest BCUT2D eigenvalue weighted by Crippen LogP contribution is 2.26. The summed E-state index contributed by atoms with van der Waals surface area (Å²) in [5, 5.41) is 5.45. The lowest BCUT2D eigenvalue weighted by Crippen LogP contribution is -3.14. The third-order valence-corrected chi connectivity index (χ3v) is 4.68. The molecule has 116 valence electrons. The summed E-state index contributed by atoms with van der Waals surface area (Å²) in [7, 11) is 0. The van der Waals surface area contributed by atoms with Gasteiger partial charge in [-0.1, -0.05) is 43.3 Å². The van der Waals surface area contributed by atoms with Crippen molar-refractivity contribution in [3.8, 4) is 0 Å². The van der Waals surface area contributed by atoms with E-state index in [1.165, 1.54) is 23.1 Å². The van der Waals surface area contributed by atoms with Crippen LogP contribution >= 0.6 is 0 Å². The molecule has 2 aromatic rings. The fraction of sp³-hybridized carbons (Fsp3) is 0.421. The number of quaternary nitrogens is 1. The summed E-state index contributed by atoms with van der Waals surface area (Å²) in [5.41, 5.74) is 2.08. The van der Waals surface area contributed by atoms with Gasteiger partial charge in [0, 0.05) is 11.3 Å². The van der Waals surface area contributed by atoms with Crippen molar-refractivity contribution in [2.24, 2.45) is 5.92 Å². The minimum atomic E-state index is 0.128. The first-order valence-corrected chi connectivity index (χ1v) is 8.25. The van der Waals surface area contributed by atoms with Crippen LogP contribution in [0.4, 0.5) is 5.69 Å². The van der Waals surface area contributed by atoms with E-state index in [1.807, 2.05) is 12.1 Å². The minimum Gasteiger partial charge on any atom is -0.327 e. The molecule has 3 rings (SSSR count). The van der Waals surface area contributed by atoms with Gasteiger partial charge >= 0.3 is 0 Å². The molecule has 0 saturated carbocycles. The monoisotopic (exact) mass is 297 g/mol. The summed E-state index contributed by atoms with van der Waals surface area (Å²) in [6.07, 6.45) is 2.53. The number of hydrogen-bond donors (Lipinski definition) is 2. The van der Waals surface area contributed by atoms with Gasteiger partial charge in [0.2, 0.25) is 0 Å².